The number of halogens is 1. The molecule has 0 spiro atoms. The summed E-state index contributed by atoms with van der Waals surface area (Å²) >= 11 is 0. The molecule has 0 aromatic heterocycles. The zero-order valence-electron chi connectivity index (χ0n) is 14.5. The largest absolute Gasteiger partial charge is 0.374 e. The van der Waals surface area contributed by atoms with E-state index in [1.807, 2.05) is 6.07 Å². The van der Waals surface area contributed by atoms with E-state index in [0.717, 1.165) is 24.9 Å². The molecule has 0 radical (unpaired) electrons. The summed E-state index contributed by atoms with van der Waals surface area (Å²) in [7, 11) is 2.12. The number of carbonyl (C=O) groups excluding carboxylic acids is 1. The van der Waals surface area contributed by atoms with Crippen LogP contribution in [0.25, 0.3) is 0 Å². The number of aryl methyl sites for hydroxylation is 1. The zero-order valence-corrected chi connectivity index (χ0v) is 14.5. The normalized spacial score (nSPS) is 21.6. The van der Waals surface area contributed by atoms with Gasteiger partial charge in [-0.2, -0.15) is 0 Å². The van der Waals surface area contributed by atoms with Crippen LogP contribution < -0.4 is 10.2 Å². The molecule has 1 aliphatic heterocycles. The van der Waals surface area contributed by atoms with Crippen molar-refractivity contribution in [3.05, 3.63) is 65.0 Å². The van der Waals surface area contributed by atoms with Gasteiger partial charge in [-0.15, -0.1) is 0 Å². The maximum absolute atomic E-state index is 13.8. The van der Waals surface area contributed by atoms with Crippen molar-refractivity contribution in [1.29, 1.82) is 0 Å². The topological polar surface area (TPSA) is 32.3 Å². The van der Waals surface area contributed by atoms with Gasteiger partial charge in [0.05, 0.1) is 0 Å². The summed E-state index contributed by atoms with van der Waals surface area (Å²) in [4.78, 5) is 14.7. The molecule has 3 nitrogen and oxygen atoms in total. The van der Waals surface area contributed by atoms with Gasteiger partial charge < -0.3 is 10.2 Å². The number of rotatable bonds is 4. The Hall–Kier alpha value is -2.36. The lowest BCUT2D eigenvalue weighted by molar-refractivity contribution is -0.122. The first-order valence-electron chi connectivity index (χ1n) is 8.98. The van der Waals surface area contributed by atoms with Crippen LogP contribution in [0, 0.1) is 11.7 Å². The van der Waals surface area contributed by atoms with E-state index in [2.05, 4.69) is 35.5 Å². The molecule has 1 N–H and O–H groups in total. The Morgan fingerprint density at radius 1 is 1.28 bits per heavy atom. The minimum atomic E-state index is -0.207. The van der Waals surface area contributed by atoms with Crippen LogP contribution in [-0.2, 0) is 17.8 Å². The molecule has 2 aromatic carbocycles. The van der Waals surface area contributed by atoms with Gasteiger partial charge in [-0.05, 0) is 54.0 Å². The van der Waals surface area contributed by atoms with E-state index >= 15 is 0 Å². The van der Waals surface area contributed by atoms with E-state index in [1.165, 1.54) is 23.7 Å². The van der Waals surface area contributed by atoms with Crippen molar-refractivity contribution >= 4 is 11.6 Å². The highest BCUT2D eigenvalue weighted by Gasteiger charge is 2.44. The molecular weight excluding hydrogens is 315 g/mol. The second-order valence-corrected chi connectivity index (χ2v) is 7.18. The summed E-state index contributed by atoms with van der Waals surface area (Å²) in [5, 5.41) is 3.02. The van der Waals surface area contributed by atoms with E-state index in [0.29, 0.717) is 12.1 Å². The van der Waals surface area contributed by atoms with Crippen LogP contribution in [0.2, 0.25) is 0 Å². The summed E-state index contributed by atoms with van der Waals surface area (Å²) in [6, 6.07) is 13.2. The average Bonchev–Trinajstić information content (AvgIpc) is 3.41. The van der Waals surface area contributed by atoms with Crippen molar-refractivity contribution in [3.8, 4) is 0 Å². The zero-order chi connectivity index (χ0) is 17.4. The lowest BCUT2D eigenvalue weighted by atomic mass is 9.99. The number of nitrogens with zero attached hydrogens (tertiary/aromatic N) is 1. The maximum atomic E-state index is 13.8. The third kappa shape index (κ3) is 3.26. The molecule has 2 aromatic rings. The number of carbonyl (C=O) groups is 1. The van der Waals surface area contributed by atoms with E-state index in [9.17, 15) is 9.18 Å². The summed E-state index contributed by atoms with van der Waals surface area (Å²) in [5.74, 6) is -0.247. The van der Waals surface area contributed by atoms with Crippen LogP contribution in [0.5, 0.6) is 0 Å². The van der Waals surface area contributed by atoms with Crippen molar-refractivity contribution in [3.63, 3.8) is 0 Å². The van der Waals surface area contributed by atoms with Gasteiger partial charge in [-0.25, -0.2) is 4.39 Å². The first-order chi connectivity index (χ1) is 12.1. The molecule has 1 fully saturated rings. The standard InChI is InChI=1S/C21H23FN2O/c1-24-10-4-5-15-11-14(8-9-20(15)24)13-23-21(25)18-12-17(18)16-6-2-3-7-19(16)22/h2-3,6-9,11,17-18H,4-5,10,12-13H2,1H3,(H,23,25). The quantitative estimate of drug-likeness (QED) is 0.923. The fraction of sp³-hybridized carbons (Fsp3) is 0.381. The Morgan fingerprint density at radius 2 is 2.12 bits per heavy atom. The fourth-order valence-electron chi connectivity index (χ4n) is 3.87. The fourth-order valence-corrected chi connectivity index (χ4v) is 3.87. The molecule has 1 saturated carbocycles. The van der Waals surface area contributed by atoms with Crippen LogP contribution in [0.4, 0.5) is 10.1 Å². The second-order valence-electron chi connectivity index (χ2n) is 7.18. The molecule has 4 heteroatoms. The molecule has 1 heterocycles. The van der Waals surface area contributed by atoms with E-state index in [4.69, 9.17) is 0 Å². The highest BCUT2D eigenvalue weighted by Crippen LogP contribution is 2.48. The van der Waals surface area contributed by atoms with Gasteiger partial charge in [0.15, 0.2) is 0 Å². The van der Waals surface area contributed by atoms with E-state index in [1.54, 1.807) is 12.1 Å². The summed E-state index contributed by atoms with van der Waals surface area (Å²) in [5.41, 5.74) is 4.45. The van der Waals surface area contributed by atoms with Crippen molar-refractivity contribution in [1.82, 2.24) is 5.32 Å². The predicted octanol–water partition coefficient (Wildman–Crippen LogP) is 3.63. The van der Waals surface area contributed by atoms with Crippen molar-refractivity contribution in [2.45, 2.75) is 31.7 Å². The number of anilines is 1. The molecule has 0 bridgehead atoms. The third-order valence-corrected chi connectivity index (χ3v) is 5.39. The number of hydrogen-bond donors (Lipinski definition) is 1. The van der Waals surface area contributed by atoms with Gasteiger partial charge in [-0.1, -0.05) is 30.3 Å². The van der Waals surface area contributed by atoms with Crippen LogP contribution in [0.1, 0.15) is 35.4 Å². The van der Waals surface area contributed by atoms with Gasteiger partial charge >= 0.3 is 0 Å². The Balaban J connectivity index is 1.36. The molecule has 1 aliphatic carbocycles. The lowest BCUT2D eigenvalue weighted by Gasteiger charge is -2.27. The van der Waals surface area contributed by atoms with Gasteiger partial charge in [0.2, 0.25) is 5.91 Å². The number of amides is 1. The van der Waals surface area contributed by atoms with Crippen molar-refractivity contribution < 1.29 is 9.18 Å². The first kappa shape index (κ1) is 16.1. The first-order valence-corrected chi connectivity index (χ1v) is 8.98. The highest BCUT2D eigenvalue weighted by atomic mass is 19.1. The number of benzene rings is 2. The van der Waals surface area contributed by atoms with Gasteiger partial charge in [-0.3, -0.25) is 4.79 Å². The molecule has 4 rings (SSSR count). The van der Waals surface area contributed by atoms with Crippen LogP contribution in [-0.4, -0.2) is 19.5 Å². The molecule has 130 valence electrons. The minimum absolute atomic E-state index is 0.0263. The Kier molecular flexibility index (Phi) is 4.20. The average molecular weight is 338 g/mol. The summed E-state index contributed by atoms with van der Waals surface area (Å²) in [6.45, 7) is 1.64. The van der Waals surface area contributed by atoms with E-state index in [-0.39, 0.29) is 23.6 Å². The lowest BCUT2D eigenvalue weighted by Crippen LogP contribution is -2.26. The highest BCUT2D eigenvalue weighted by molar-refractivity contribution is 5.82. The molecule has 0 saturated heterocycles. The van der Waals surface area contributed by atoms with Crippen molar-refractivity contribution in [2.75, 3.05) is 18.5 Å². The smallest absolute Gasteiger partial charge is 0.224 e. The van der Waals surface area contributed by atoms with Crippen LogP contribution in [0.15, 0.2) is 42.5 Å². The van der Waals surface area contributed by atoms with Crippen LogP contribution in [0.3, 0.4) is 0 Å². The molecule has 1 amide bonds. The predicted molar refractivity (Wildman–Crippen MR) is 97.1 cm³/mol. The van der Waals surface area contributed by atoms with Crippen molar-refractivity contribution in [2.24, 2.45) is 5.92 Å². The number of fused-ring (bicyclic) bond motifs is 1. The van der Waals surface area contributed by atoms with Gasteiger partial charge in [0, 0.05) is 31.7 Å². The summed E-state index contributed by atoms with van der Waals surface area (Å²) in [6.07, 6.45) is 3.01. The number of hydrogen-bond acceptors (Lipinski definition) is 2. The van der Waals surface area contributed by atoms with Gasteiger partial charge in [0.1, 0.15) is 5.82 Å². The molecule has 2 unspecified atom stereocenters. The minimum Gasteiger partial charge on any atom is -0.374 e. The second kappa shape index (κ2) is 6.51. The van der Waals surface area contributed by atoms with E-state index < -0.39 is 0 Å². The van der Waals surface area contributed by atoms with Gasteiger partial charge in [0.25, 0.3) is 0 Å². The molecule has 2 aliphatic rings. The Bertz CT molecular complexity index is 804. The Morgan fingerprint density at radius 3 is 2.96 bits per heavy atom. The third-order valence-electron chi connectivity index (χ3n) is 5.39. The molecule has 2 atom stereocenters. The van der Waals surface area contributed by atoms with Crippen LogP contribution >= 0.6 is 0 Å². The number of nitrogens with one attached hydrogen (secondary N) is 1. The molecular formula is C21H23FN2O. The molecule has 25 heavy (non-hydrogen) atoms. The maximum Gasteiger partial charge on any atom is 0.224 e. The summed E-state index contributed by atoms with van der Waals surface area (Å²) < 4.78 is 13.8. The Labute approximate surface area is 147 Å². The monoisotopic (exact) mass is 338 g/mol. The SMILES string of the molecule is CN1CCCc2cc(CNC(=O)C3CC3c3ccccc3F)ccc21.